The highest BCUT2D eigenvalue weighted by Gasteiger charge is 2.02. The molecule has 0 aliphatic carbocycles. The van der Waals surface area contributed by atoms with Gasteiger partial charge in [-0.1, -0.05) is 55.7 Å². The zero-order valence-electron chi connectivity index (χ0n) is 11.6. The molecule has 0 aliphatic rings. The summed E-state index contributed by atoms with van der Waals surface area (Å²) in [6.45, 7) is 4.09. The van der Waals surface area contributed by atoms with Crippen LogP contribution in [0.3, 0.4) is 0 Å². The van der Waals surface area contributed by atoms with Gasteiger partial charge in [0.2, 0.25) is 0 Å². The van der Waals surface area contributed by atoms with Crippen LogP contribution in [0.5, 0.6) is 0 Å². The van der Waals surface area contributed by atoms with Crippen molar-refractivity contribution in [3.8, 4) is 0 Å². The molecular weight excluding hydrogens is 236 g/mol. The second kappa shape index (κ2) is 10.4. The van der Waals surface area contributed by atoms with E-state index in [0.29, 0.717) is 13.0 Å². The number of hydrogen-bond acceptors (Lipinski definition) is 2. The maximum Gasteiger partial charge on any atom is 0.306 e. The third-order valence-corrected chi connectivity index (χ3v) is 3.03. The average Bonchev–Trinajstić information content (AvgIpc) is 2.45. The minimum Gasteiger partial charge on any atom is -0.461 e. The van der Waals surface area contributed by atoms with Gasteiger partial charge in [-0.25, -0.2) is 0 Å². The lowest BCUT2D eigenvalue weighted by Gasteiger charge is -2.04. The molecule has 2 heteroatoms. The lowest BCUT2D eigenvalue weighted by Crippen LogP contribution is -2.04. The van der Waals surface area contributed by atoms with Gasteiger partial charge in [-0.2, -0.15) is 0 Å². The molecule has 2 nitrogen and oxygen atoms in total. The minimum absolute atomic E-state index is 0.0880. The highest BCUT2D eigenvalue weighted by atomic mass is 16.5. The number of carbonyl (C=O) groups excluding carboxylic acids is 1. The molecule has 0 bridgehead atoms. The standard InChI is InChI=1S/C17H24O2/c1-2-3-4-5-6-7-11-14-17(18)19-15-16-12-9-8-10-13-16/h2,8-10,12-13H,1,3-7,11,14-15H2. The molecule has 0 saturated carbocycles. The van der Waals surface area contributed by atoms with E-state index in [4.69, 9.17) is 4.74 Å². The lowest BCUT2D eigenvalue weighted by atomic mass is 10.1. The van der Waals surface area contributed by atoms with Gasteiger partial charge < -0.3 is 4.74 Å². The maximum atomic E-state index is 11.5. The first kappa shape index (κ1) is 15.5. The topological polar surface area (TPSA) is 26.3 Å². The molecule has 0 radical (unpaired) electrons. The Labute approximate surface area is 116 Å². The van der Waals surface area contributed by atoms with Crippen LogP contribution < -0.4 is 0 Å². The van der Waals surface area contributed by atoms with E-state index in [-0.39, 0.29) is 5.97 Å². The third kappa shape index (κ3) is 8.20. The number of hydrogen-bond donors (Lipinski definition) is 0. The molecule has 0 fully saturated rings. The van der Waals surface area contributed by atoms with Crippen LogP contribution in [0.15, 0.2) is 43.0 Å². The van der Waals surface area contributed by atoms with E-state index >= 15 is 0 Å². The van der Waals surface area contributed by atoms with Gasteiger partial charge in [0.05, 0.1) is 0 Å². The number of unbranched alkanes of at least 4 members (excludes halogenated alkanes) is 5. The van der Waals surface area contributed by atoms with Gasteiger partial charge in [-0.05, 0) is 24.8 Å². The lowest BCUT2D eigenvalue weighted by molar-refractivity contribution is -0.145. The number of benzene rings is 1. The first-order chi connectivity index (χ1) is 9.33. The van der Waals surface area contributed by atoms with Crippen molar-refractivity contribution in [2.24, 2.45) is 0 Å². The van der Waals surface area contributed by atoms with Crippen LogP contribution in [0.2, 0.25) is 0 Å². The van der Waals surface area contributed by atoms with E-state index in [2.05, 4.69) is 6.58 Å². The molecular formula is C17H24O2. The molecule has 1 aromatic rings. The van der Waals surface area contributed by atoms with Crippen molar-refractivity contribution < 1.29 is 9.53 Å². The normalized spacial score (nSPS) is 10.1. The molecule has 0 saturated heterocycles. The highest BCUT2D eigenvalue weighted by Crippen LogP contribution is 2.09. The van der Waals surface area contributed by atoms with Crippen LogP contribution >= 0.6 is 0 Å². The molecule has 0 unspecified atom stereocenters. The fourth-order valence-corrected chi connectivity index (χ4v) is 1.90. The molecule has 1 aromatic carbocycles. The quantitative estimate of drug-likeness (QED) is 0.348. The van der Waals surface area contributed by atoms with Crippen molar-refractivity contribution in [3.63, 3.8) is 0 Å². The highest BCUT2D eigenvalue weighted by molar-refractivity contribution is 5.69. The number of esters is 1. The SMILES string of the molecule is C=CCCCCCCCC(=O)OCc1ccccc1. The number of ether oxygens (including phenoxy) is 1. The average molecular weight is 260 g/mol. The van der Waals surface area contributed by atoms with E-state index in [1.54, 1.807) is 0 Å². The molecule has 0 spiro atoms. The fourth-order valence-electron chi connectivity index (χ4n) is 1.90. The molecule has 0 atom stereocenters. The minimum atomic E-state index is -0.0880. The summed E-state index contributed by atoms with van der Waals surface area (Å²) in [4.78, 5) is 11.5. The Kier molecular flexibility index (Phi) is 8.45. The van der Waals surface area contributed by atoms with Gasteiger partial charge in [-0.3, -0.25) is 4.79 Å². The Morgan fingerprint density at radius 1 is 1.05 bits per heavy atom. The Morgan fingerprint density at radius 2 is 1.74 bits per heavy atom. The summed E-state index contributed by atoms with van der Waals surface area (Å²) in [6.07, 6.45) is 9.26. The third-order valence-electron chi connectivity index (χ3n) is 3.03. The zero-order chi connectivity index (χ0) is 13.8. The van der Waals surface area contributed by atoms with E-state index in [1.165, 1.54) is 19.3 Å². The smallest absolute Gasteiger partial charge is 0.306 e. The molecule has 0 N–H and O–H groups in total. The van der Waals surface area contributed by atoms with Crippen molar-refractivity contribution in [2.45, 2.75) is 51.6 Å². The Bertz CT molecular complexity index is 357. The van der Waals surface area contributed by atoms with Crippen LogP contribution in [0, 0.1) is 0 Å². The van der Waals surface area contributed by atoms with Crippen LogP contribution in [0.4, 0.5) is 0 Å². The van der Waals surface area contributed by atoms with Crippen LogP contribution in [0.1, 0.15) is 50.5 Å². The maximum absolute atomic E-state index is 11.5. The Balaban J connectivity index is 1.98. The molecule has 0 aliphatic heterocycles. The van der Waals surface area contributed by atoms with Gasteiger partial charge in [0, 0.05) is 6.42 Å². The van der Waals surface area contributed by atoms with E-state index in [9.17, 15) is 4.79 Å². The summed E-state index contributed by atoms with van der Waals surface area (Å²) in [6, 6.07) is 9.79. The summed E-state index contributed by atoms with van der Waals surface area (Å²) in [5.74, 6) is -0.0880. The fraction of sp³-hybridized carbons (Fsp3) is 0.471. The van der Waals surface area contributed by atoms with E-state index in [0.717, 1.165) is 24.8 Å². The van der Waals surface area contributed by atoms with E-state index in [1.807, 2.05) is 36.4 Å². The molecule has 1 rings (SSSR count). The van der Waals surface area contributed by atoms with Crippen molar-refractivity contribution in [2.75, 3.05) is 0 Å². The zero-order valence-corrected chi connectivity index (χ0v) is 11.6. The van der Waals surface area contributed by atoms with Gasteiger partial charge in [0.1, 0.15) is 6.61 Å². The summed E-state index contributed by atoms with van der Waals surface area (Å²) in [5, 5.41) is 0. The Hall–Kier alpha value is -1.57. The van der Waals surface area contributed by atoms with Crippen molar-refractivity contribution in [1.29, 1.82) is 0 Å². The number of carbonyl (C=O) groups is 1. The molecule has 0 aromatic heterocycles. The second-order valence-corrected chi connectivity index (χ2v) is 4.74. The summed E-state index contributed by atoms with van der Waals surface area (Å²) in [7, 11) is 0. The first-order valence-electron chi connectivity index (χ1n) is 7.13. The molecule has 104 valence electrons. The molecule has 0 amide bonds. The summed E-state index contributed by atoms with van der Waals surface area (Å²) in [5.41, 5.74) is 1.04. The van der Waals surface area contributed by atoms with Crippen LogP contribution in [-0.4, -0.2) is 5.97 Å². The first-order valence-corrected chi connectivity index (χ1v) is 7.13. The van der Waals surface area contributed by atoms with Crippen molar-refractivity contribution in [1.82, 2.24) is 0 Å². The van der Waals surface area contributed by atoms with Crippen molar-refractivity contribution in [3.05, 3.63) is 48.6 Å². The largest absolute Gasteiger partial charge is 0.461 e. The van der Waals surface area contributed by atoms with Gasteiger partial charge >= 0.3 is 5.97 Å². The Morgan fingerprint density at radius 3 is 2.47 bits per heavy atom. The van der Waals surface area contributed by atoms with E-state index < -0.39 is 0 Å². The monoisotopic (exact) mass is 260 g/mol. The van der Waals surface area contributed by atoms with Gasteiger partial charge in [-0.15, -0.1) is 6.58 Å². The number of rotatable bonds is 10. The van der Waals surface area contributed by atoms with Crippen LogP contribution in [-0.2, 0) is 16.1 Å². The predicted octanol–water partition coefficient (Wildman–Crippen LogP) is 4.65. The predicted molar refractivity (Wildman–Crippen MR) is 78.8 cm³/mol. The summed E-state index contributed by atoms with van der Waals surface area (Å²) < 4.78 is 5.22. The van der Waals surface area contributed by atoms with Gasteiger partial charge in [0.15, 0.2) is 0 Å². The molecule has 0 heterocycles. The number of allylic oxidation sites excluding steroid dienone is 1. The van der Waals surface area contributed by atoms with Crippen molar-refractivity contribution >= 4 is 5.97 Å². The molecule has 19 heavy (non-hydrogen) atoms. The second-order valence-electron chi connectivity index (χ2n) is 4.74. The van der Waals surface area contributed by atoms with Crippen LogP contribution in [0.25, 0.3) is 0 Å². The summed E-state index contributed by atoms with van der Waals surface area (Å²) >= 11 is 0. The van der Waals surface area contributed by atoms with Gasteiger partial charge in [0.25, 0.3) is 0 Å².